The number of nitrogen functional groups attached to an aromatic ring is 1. The van der Waals surface area contributed by atoms with Gasteiger partial charge in [-0.05, 0) is 12.1 Å². The second-order valence-electron chi connectivity index (χ2n) is 4.39. The van der Waals surface area contributed by atoms with Crippen LogP contribution in [0.1, 0.15) is 0 Å². The molecule has 2 N–H and O–H groups in total. The molecule has 1 fully saturated rings. The Morgan fingerprint density at radius 3 is 2.86 bits per heavy atom. The third-order valence-electron chi connectivity index (χ3n) is 3.12. The van der Waals surface area contributed by atoms with Crippen molar-refractivity contribution in [1.29, 1.82) is 0 Å². The monoisotopic (exact) mass is 334 g/mol. The molecule has 1 heterocycles. The molecule has 1 atom stereocenters. The number of rotatable bonds is 3. The van der Waals surface area contributed by atoms with E-state index in [1.807, 2.05) is 0 Å². The molecule has 116 valence electrons. The van der Waals surface area contributed by atoms with Crippen LogP contribution >= 0.6 is 11.6 Å². The third kappa shape index (κ3) is 2.98. The third-order valence-corrected chi connectivity index (χ3v) is 5.57. The second-order valence-corrected chi connectivity index (χ2v) is 6.62. The molecule has 1 aliphatic heterocycles. The zero-order valence-electron chi connectivity index (χ0n) is 11.3. The van der Waals surface area contributed by atoms with Gasteiger partial charge in [0, 0.05) is 6.54 Å². The molecule has 1 unspecified atom stereocenters. The average Bonchev–Trinajstić information content (AvgIpc) is 2.46. The Morgan fingerprint density at radius 1 is 1.52 bits per heavy atom. The number of nitrogens with two attached hydrogens (primary N) is 1. The minimum atomic E-state index is -4.03. The predicted octanol–water partition coefficient (Wildman–Crippen LogP) is 0.485. The number of carbonyl (C=O) groups excluding carboxylic acids is 1. The van der Waals surface area contributed by atoms with Crippen LogP contribution in [0, 0.1) is 0 Å². The van der Waals surface area contributed by atoms with Crippen molar-refractivity contribution >= 4 is 33.3 Å². The number of esters is 1. The van der Waals surface area contributed by atoms with E-state index in [1.165, 1.54) is 19.2 Å². The molecule has 0 spiro atoms. The van der Waals surface area contributed by atoms with Crippen LogP contribution in [0.25, 0.3) is 0 Å². The Labute approximate surface area is 127 Å². The van der Waals surface area contributed by atoms with Crippen molar-refractivity contribution in [2.75, 3.05) is 32.6 Å². The van der Waals surface area contributed by atoms with Gasteiger partial charge in [0.25, 0.3) is 0 Å². The molecule has 1 saturated heterocycles. The number of benzene rings is 1. The van der Waals surface area contributed by atoms with Crippen LogP contribution in [-0.4, -0.2) is 51.6 Å². The lowest BCUT2D eigenvalue weighted by molar-refractivity contribution is -0.149. The molecular weight excluding hydrogens is 320 g/mol. The Morgan fingerprint density at radius 2 is 2.24 bits per heavy atom. The summed E-state index contributed by atoms with van der Waals surface area (Å²) in [5, 5.41) is 0.00473. The quantitative estimate of drug-likeness (QED) is 0.638. The van der Waals surface area contributed by atoms with E-state index in [0.29, 0.717) is 0 Å². The summed E-state index contributed by atoms with van der Waals surface area (Å²) in [6.07, 6.45) is 0. The van der Waals surface area contributed by atoms with Crippen molar-refractivity contribution in [3.63, 3.8) is 0 Å². The maximum Gasteiger partial charge on any atom is 0.326 e. The second kappa shape index (κ2) is 6.18. The number of morpholine rings is 1. The van der Waals surface area contributed by atoms with Crippen LogP contribution in [0.15, 0.2) is 23.1 Å². The minimum absolute atomic E-state index is 0.00473. The van der Waals surface area contributed by atoms with Crippen molar-refractivity contribution < 1.29 is 22.7 Å². The lowest BCUT2D eigenvalue weighted by atomic mass is 10.3. The van der Waals surface area contributed by atoms with Crippen LogP contribution < -0.4 is 5.73 Å². The fraction of sp³-hybridized carbons (Fsp3) is 0.417. The molecule has 1 aromatic carbocycles. The first-order chi connectivity index (χ1) is 9.89. The molecule has 7 nitrogen and oxygen atoms in total. The van der Waals surface area contributed by atoms with Crippen LogP contribution in [-0.2, 0) is 24.3 Å². The van der Waals surface area contributed by atoms with Gasteiger partial charge >= 0.3 is 5.97 Å². The van der Waals surface area contributed by atoms with Crippen LogP contribution in [0.5, 0.6) is 0 Å². The number of sulfonamides is 1. The highest BCUT2D eigenvalue weighted by Crippen LogP contribution is 2.31. The van der Waals surface area contributed by atoms with Gasteiger partial charge in [0.15, 0.2) is 0 Å². The molecule has 1 aliphatic rings. The van der Waals surface area contributed by atoms with E-state index in [9.17, 15) is 13.2 Å². The van der Waals surface area contributed by atoms with Crippen LogP contribution in [0.3, 0.4) is 0 Å². The fourth-order valence-electron chi connectivity index (χ4n) is 2.11. The van der Waals surface area contributed by atoms with E-state index < -0.39 is 22.0 Å². The SMILES string of the molecule is COC(=O)C1COCCN1S(=O)(=O)c1c(N)cccc1Cl. The van der Waals surface area contributed by atoms with Gasteiger partial charge in [-0.25, -0.2) is 8.42 Å². The highest BCUT2D eigenvalue weighted by atomic mass is 35.5. The first-order valence-electron chi connectivity index (χ1n) is 6.11. The van der Waals surface area contributed by atoms with Gasteiger partial charge < -0.3 is 15.2 Å². The van der Waals surface area contributed by atoms with Gasteiger partial charge in [-0.3, -0.25) is 4.79 Å². The summed E-state index contributed by atoms with van der Waals surface area (Å²) in [6.45, 7) is 0.125. The van der Waals surface area contributed by atoms with Crippen molar-refractivity contribution in [3.05, 3.63) is 23.2 Å². The smallest absolute Gasteiger partial charge is 0.326 e. The Balaban J connectivity index is 2.48. The summed E-state index contributed by atoms with van der Waals surface area (Å²) in [4.78, 5) is 11.5. The van der Waals surface area contributed by atoms with Gasteiger partial charge in [-0.15, -0.1) is 0 Å². The van der Waals surface area contributed by atoms with E-state index in [4.69, 9.17) is 22.1 Å². The molecule has 2 rings (SSSR count). The van der Waals surface area contributed by atoms with Gasteiger partial charge in [-0.2, -0.15) is 4.31 Å². The lowest BCUT2D eigenvalue weighted by Gasteiger charge is -2.33. The van der Waals surface area contributed by atoms with Gasteiger partial charge in [0.1, 0.15) is 10.9 Å². The molecule has 0 bridgehead atoms. The summed E-state index contributed by atoms with van der Waals surface area (Å²) in [5.41, 5.74) is 5.76. The van der Waals surface area contributed by atoms with E-state index >= 15 is 0 Å². The number of hydrogen-bond donors (Lipinski definition) is 1. The summed E-state index contributed by atoms with van der Waals surface area (Å²) < 4.78 is 36.3. The maximum atomic E-state index is 12.8. The van der Waals surface area contributed by atoms with Crippen LogP contribution in [0.4, 0.5) is 5.69 Å². The molecule has 0 saturated carbocycles. The molecule has 0 radical (unpaired) electrons. The predicted molar refractivity (Wildman–Crippen MR) is 76.4 cm³/mol. The summed E-state index contributed by atoms with van der Waals surface area (Å²) in [5.74, 6) is -0.691. The summed E-state index contributed by atoms with van der Waals surface area (Å²) >= 11 is 5.96. The number of nitrogens with zero attached hydrogens (tertiary/aromatic N) is 1. The average molecular weight is 335 g/mol. The van der Waals surface area contributed by atoms with Crippen molar-refractivity contribution in [2.45, 2.75) is 10.9 Å². The molecule has 0 aromatic heterocycles. The number of anilines is 1. The fourth-order valence-corrected chi connectivity index (χ4v) is 4.30. The van der Waals surface area contributed by atoms with E-state index in [-0.39, 0.29) is 35.4 Å². The first-order valence-corrected chi connectivity index (χ1v) is 7.92. The summed E-state index contributed by atoms with van der Waals surface area (Å²) in [6, 6.07) is 3.36. The number of hydrogen-bond acceptors (Lipinski definition) is 6. The van der Waals surface area contributed by atoms with Gasteiger partial charge in [0.05, 0.1) is 31.0 Å². The Hall–Kier alpha value is -1.35. The highest BCUT2D eigenvalue weighted by molar-refractivity contribution is 7.89. The number of carbonyl (C=O) groups is 1. The van der Waals surface area contributed by atoms with Crippen molar-refractivity contribution in [1.82, 2.24) is 4.31 Å². The topological polar surface area (TPSA) is 98.9 Å². The molecular formula is C12H15ClN2O5S. The summed E-state index contributed by atoms with van der Waals surface area (Å²) in [7, 11) is -2.85. The molecule has 21 heavy (non-hydrogen) atoms. The number of methoxy groups -OCH3 is 1. The van der Waals surface area contributed by atoms with Crippen molar-refractivity contribution in [2.24, 2.45) is 0 Å². The number of halogens is 1. The Bertz CT molecular complexity index is 629. The Kier molecular flexibility index (Phi) is 4.72. The molecule has 0 aliphatic carbocycles. The first kappa shape index (κ1) is 16.0. The highest BCUT2D eigenvalue weighted by Gasteiger charge is 2.40. The number of ether oxygens (including phenoxy) is 2. The zero-order chi connectivity index (χ0) is 15.6. The largest absolute Gasteiger partial charge is 0.468 e. The van der Waals surface area contributed by atoms with Crippen molar-refractivity contribution in [3.8, 4) is 0 Å². The van der Waals surface area contributed by atoms with E-state index in [2.05, 4.69) is 4.74 Å². The lowest BCUT2D eigenvalue weighted by Crippen LogP contribution is -2.52. The van der Waals surface area contributed by atoms with Gasteiger partial charge in [0.2, 0.25) is 10.0 Å². The van der Waals surface area contributed by atoms with Crippen LogP contribution in [0.2, 0.25) is 5.02 Å². The maximum absolute atomic E-state index is 12.8. The standard InChI is InChI=1S/C12H15ClN2O5S/c1-19-12(16)10-7-20-6-5-15(10)21(17,18)11-8(13)3-2-4-9(11)14/h2-4,10H,5-7,14H2,1H3. The van der Waals surface area contributed by atoms with E-state index in [1.54, 1.807) is 6.07 Å². The molecule has 1 aromatic rings. The van der Waals surface area contributed by atoms with E-state index in [0.717, 1.165) is 4.31 Å². The van der Waals surface area contributed by atoms with Gasteiger partial charge in [-0.1, -0.05) is 17.7 Å². The normalized spacial score (nSPS) is 20.2. The molecule has 0 amide bonds. The minimum Gasteiger partial charge on any atom is -0.468 e. The zero-order valence-corrected chi connectivity index (χ0v) is 12.9. The molecule has 9 heteroatoms.